The maximum absolute atomic E-state index is 2.47. The van der Waals surface area contributed by atoms with Gasteiger partial charge in [-0.15, -0.1) is 11.3 Å². The van der Waals surface area contributed by atoms with E-state index in [1.165, 1.54) is 79.9 Å². The van der Waals surface area contributed by atoms with Gasteiger partial charge in [0.2, 0.25) is 5.69 Å². The van der Waals surface area contributed by atoms with Gasteiger partial charge in [0.1, 0.15) is 11.7 Å². The van der Waals surface area contributed by atoms with E-state index in [0.717, 1.165) is 5.92 Å². The largest absolute Gasteiger partial charge is 0.230 e. The smallest absolute Gasteiger partial charge is 0.200 e. The minimum atomic E-state index is 0.753. The highest BCUT2D eigenvalue weighted by molar-refractivity contribution is 7.27. The van der Waals surface area contributed by atoms with E-state index in [4.69, 9.17) is 0 Å². The van der Waals surface area contributed by atoms with Crippen LogP contribution in [0, 0.1) is 6.92 Å². The topological polar surface area (TPSA) is 3.88 Å². The fourth-order valence-corrected chi connectivity index (χ4v) is 6.95. The van der Waals surface area contributed by atoms with Gasteiger partial charge in [-0.25, -0.2) is 0 Å². The minimum Gasteiger partial charge on any atom is -0.200 e. The van der Waals surface area contributed by atoms with E-state index in [9.17, 15) is 0 Å². The van der Waals surface area contributed by atoms with Crippen LogP contribution >= 0.6 is 11.3 Å². The van der Waals surface area contributed by atoms with E-state index in [0.29, 0.717) is 0 Å². The summed E-state index contributed by atoms with van der Waals surface area (Å²) in [5.74, 6) is 0.753. The Morgan fingerprint density at radius 3 is 2.42 bits per heavy atom. The summed E-state index contributed by atoms with van der Waals surface area (Å²) in [4.78, 5) is 0. The Bertz CT molecular complexity index is 1440. The monoisotopic (exact) mass is 422 g/mol. The summed E-state index contributed by atoms with van der Waals surface area (Å²) in [5, 5.41) is 5.54. The van der Waals surface area contributed by atoms with Crippen LogP contribution in [0.1, 0.15) is 49.1 Å². The zero-order valence-corrected chi connectivity index (χ0v) is 19.1. The van der Waals surface area contributed by atoms with Gasteiger partial charge in [-0.1, -0.05) is 67.8 Å². The molecule has 3 aromatic carbocycles. The van der Waals surface area contributed by atoms with Crippen molar-refractivity contribution in [2.45, 2.75) is 44.9 Å². The molecule has 1 saturated carbocycles. The predicted molar refractivity (Wildman–Crippen MR) is 134 cm³/mol. The summed E-state index contributed by atoms with van der Waals surface area (Å²) in [6, 6.07) is 23.0. The highest BCUT2D eigenvalue weighted by Gasteiger charge is 2.21. The van der Waals surface area contributed by atoms with Crippen LogP contribution in [-0.2, 0) is 7.05 Å². The quantitative estimate of drug-likeness (QED) is 0.253. The summed E-state index contributed by atoms with van der Waals surface area (Å²) in [7, 11) is 2.17. The lowest BCUT2D eigenvalue weighted by Gasteiger charge is -2.22. The van der Waals surface area contributed by atoms with Crippen LogP contribution in [0.4, 0.5) is 0 Å². The lowest BCUT2D eigenvalue weighted by atomic mass is 9.83. The second-order valence-corrected chi connectivity index (χ2v) is 10.2. The molecule has 2 aromatic heterocycles. The van der Waals surface area contributed by atoms with E-state index in [2.05, 4.69) is 85.4 Å². The van der Waals surface area contributed by atoms with Gasteiger partial charge in [0.25, 0.3) is 0 Å². The lowest BCUT2D eigenvalue weighted by Crippen LogP contribution is -2.30. The number of pyridine rings is 1. The Hall–Kier alpha value is -2.71. The Morgan fingerprint density at radius 2 is 1.58 bits per heavy atom. The number of hydrogen-bond donors (Lipinski definition) is 0. The van der Waals surface area contributed by atoms with Crippen molar-refractivity contribution in [3.63, 3.8) is 0 Å². The maximum Gasteiger partial charge on any atom is 0.230 e. The van der Waals surface area contributed by atoms with Crippen LogP contribution in [-0.4, -0.2) is 0 Å². The van der Waals surface area contributed by atoms with Crippen LogP contribution in [0.5, 0.6) is 0 Å². The fraction of sp³-hybridized carbons (Fsp3) is 0.276. The third-order valence-electron chi connectivity index (χ3n) is 7.24. The third kappa shape index (κ3) is 3.08. The molecule has 0 N–H and O–H groups in total. The Kier molecular flexibility index (Phi) is 4.57. The molecular weight excluding hydrogens is 394 g/mol. The van der Waals surface area contributed by atoms with Gasteiger partial charge in [0.05, 0.1) is 5.56 Å². The first-order valence-electron chi connectivity index (χ1n) is 11.5. The van der Waals surface area contributed by atoms with Crippen LogP contribution < -0.4 is 4.57 Å². The molecule has 2 heteroatoms. The molecule has 1 aliphatic rings. The van der Waals surface area contributed by atoms with Gasteiger partial charge >= 0.3 is 0 Å². The van der Waals surface area contributed by atoms with E-state index in [1.54, 1.807) is 5.56 Å². The molecule has 0 aliphatic heterocycles. The second kappa shape index (κ2) is 7.46. The molecule has 31 heavy (non-hydrogen) atoms. The zero-order chi connectivity index (χ0) is 20.9. The third-order valence-corrected chi connectivity index (χ3v) is 8.50. The number of hydrogen-bond acceptors (Lipinski definition) is 1. The number of nitrogens with zero attached hydrogens (tertiary/aromatic N) is 1. The maximum atomic E-state index is 2.47. The first-order valence-corrected chi connectivity index (χ1v) is 12.4. The number of fused-ring (bicyclic) bond motifs is 5. The van der Waals surface area contributed by atoms with Crippen molar-refractivity contribution in [3.05, 3.63) is 78.0 Å². The summed E-state index contributed by atoms with van der Waals surface area (Å²) < 4.78 is 5.09. The molecule has 0 atom stereocenters. The minimum absolute atomic E-state index is 0.753. The molecule has 0 radical (unpaired) electrons. The number of thiophene rings is 1. The summed E-state index contributed by atoms with van der Waals surface area (Å²) in [6.45, 7) is 2.21. The summed E-state index contributed by atoms with van der Waals surface area (Å²) in [6.07, 6.45) is 9.10. The average molecular weight is 423 g/mol. The second-order valence-electron chi connectivity index (χ2n) is 9.19. The van der Waals surface area contributed by atoms with Crippen molar-refractivity contribution in [1.82, 2.24) is 0 Å². The number of aryl methyl sites for hydroxylation is 2. The molecule has 5 aromatic rings. The number of rotatable bonds is 2. The van der Waals surface area contributed by atoms with Crippen molar-refractivity contribution < 1.29 is 4.57 Å². The van der Waals surface area contributed by atoms with Crippen molar-refractivity contribution in [2.24, 2.45) is 7.05 Å². The SMILES string of the molecule is Cc1ccccc1-c1c2sc3c4ccc(C5CCCCC5)cc4ccc3c2cc[n+]1C. The Morgan fingerprint density at radius 1 is 0.806 bits per heavy atom. The van der Waals surface area contributed by atoms with Crippen LogP contribution in [0.15, 0.2) is 66.9 Å². The Labute approximate surface area is 188 Å². The molecule has 1 aliphatic carbocycles. The van der Waals surface area contributed by atoms with Crippen LogP contribution in [0.2, 0.25) is 0 Å². The van der Waals surface area contributed by atoms with E-state index in [1.807, 2.05) is 11.3 Å². The molecule has 0 unspecified atom stereocenters. The first-order chi connectivity index (χ1) is 15.2. The van der Waals surface area contributed by atoms with E-state index >= 15 is 0 Å². The van der Waals surface area contributed by atoms with Crippen molar-refractivity contribution in [3.8, 4) is 11.3 Å². The molecule has 0 saturated heterocycles. The van der Waals surface area contributed by atoms with Gasteiger partial charge in [0.15, 0.2) is 6.20 Å². The van der Waals surface area contributed by atoms with Crippen molar-refractivity contribution >= 4 is 42.3 Å². The van der Waals surface area contributed by atoms with Gasteiger partial charge in [0, 0.05) is 21.5 Å². The van der Waals surface area contributed by atoms with Gasteiger partial charge < -0.3 is 0 Å². The van der Waals surface area contributed by atoms with Gasteiger partial charge in [-0.05, 0) is 53.6 Å². The number of benzene rings is 3. The molecule has 2 heterocycles. The molecular formula is C29H28NS+. The van der Waals surface area contributed by atoms with Crippen molar-refractivity contribution in [1.29, 1.82) is 0 Å². The molecule has 6 rings (SSSR count). The molecule has 0 amide bonds. The highest BCUT2D eigenvalue weighted by Crippen LogP contribution is 2.43. The Balaban J connectivity index is 1.59. The molecule has 1 nitrogen and oxygen atoms in total. The molecule has 154 valence electrons. The lowest BCUT2D eigenvalue weighted by molar-refractivity contribution is -0.659. The van der Waals surface area contributed by atoms with Gasteiger partial charge in [-0.3, -0.25) is 0 Å². The summed E-state index contributed by atoms with van der Waals surface area (Å²) in [5.41, 5.74) is 5.51. The summed E-state index contributed by atoms with van der Waals surface area (Å²) >= 11 is 1.96. The predicted octanol–water partition coefficient (Wildman–Crippen LogP) is 8.06. The van der Waals surface area contributed by atoms with Crippen molar-refractivity contribution in [2.75, 3.05) is 0 Å². The normalized spacial score (nSPS) is 15.3. The molecule has 0 bridgehead atoms. The van der Waals surface area contributed by atoms with E-state index in [-0.39, 0.29) is 0 Å². The molecule has 0 spiro atoms. The average Bonchev–Trinajstić information content (AvgIpc) is 3.19. The number of aromatic nitrogens is 1. The fourth-order valence-electron chi connectivity index (χ4n) is 5.52. The highest BCUT2D eigenvalue weighted by atomic mass is 32.1. The van der Waals surface area contributed by atoms with E-state index < -0.39 is 0 Å². The van der Waals surface area contributed by atoms with Crippen LogP contribution in [0.3, 0.4) is 0 Å². The molecule has 1 fully saturated rings. The van der Waals surface area contributed by atoms with Crippen LogP contribution in [0.25, 0.3) is 42.2 Å². The standard InChI is InChI=1S/C29H28NS/c1-19-8-6-7-11-23(19)27-29-26(16-17-30(27)2)25-15-13-22-18-21(20-9-4-3-5-10-20)12-14-24(22)28(25)31-29/h6-8,11-18,20H,3-5,9-10H2,1-2H3/q+1. The van der Waals surface area contributed by atoms with Gasteiger partial charge in [-0.2, -0.15) is 4.57 Å². The zero-order valence-electron chi connectivity index (χ0n) is 18.3. The first kappa shape index (κ1) is 19.0.